The molecule has 5 fully saturated rings. The van der Waals surface area contributed by atoms with E-state index in [1.54, 1.807) is 6.92 Å². The maximum absolute atomic E-state index is 11.9. The molecule has 29 heavy (non-hydrogen) atoms. The SMILES string of the molecule is C=C(C)C(=O)OC[C@H]1O[C@@H]2OC3(CCCCC3)O[C@H]2[C@H]2OC3(CCCCC3)O[C@@H]21. The van der Waals surface area contributed by atoms with Crippen molar-refractivity contribution in [3.05, 3.63) is 12.2 Å². The molecule has 2 saturated carbocycles. The average molecular weight is 408 g/mol. The summed E-state index contributed by atoms with van der Waals surface area (Å²) in [6.45, 7) is 5.37. The molecule has 0 aromatic heterocycles. The van der Waals surface area contributed by atoms with E-state index in [-0.39, 0.29) is 24.9 Å². The molecule has 7 heteroatoms. The summed E-state index contributed by atoms with van der Waals surface area (Å²) in [7, 11) is 0. The molecule has 7 nitrogen and oxygen atoms in total. The van der Waals surface area contributed by atoms with E-state index in [1.165, 1.54) is 12.8 Å². The van der Waals surface area contributed by atoms with Crippen LogP contribution < -0.4 is 0 Å². The molecule has 0 unspecified atom stereocenters. The molecule has 3 saturated heterocycles. The van der Waals surface area contributed by atoms with Crippen LogP contribution in [-0.4, -0.2) is 54.9 Å². The van der Waals surface area contributed by atoms with Gasteiger partial charge in [-0.2, -0.15) is 0 Å². The highest BCUT2D eigenvalue weighted by Gasteiger charge is 2.64. The fraction of sp³-hybridized carbons (Fsp3) is 0.864. The van der Waals surface area contributed by atoms with Crippen molar-refractivity contribution >= 4 is 5.97 Å². The van der Waals surface area contributed by atoms with Gasteiger partial charge in [-0.1, -0.05) is 19.4 Å². The number of carbonyl (C=O) groups excluding carboxylic acids is 1. The lowest BCUT2D eigenvalue weighted by Gasteiger charge is -2.36. The van der Waals surface area contributed by atoms with Crippen LogP contribution in [0.2, 0.25) is 0 Å². The third kappa shape index (κ3) is 3.65. The summed E-state index contributed by atoms with van der Waals surface area (Å²) in [5, 5.41) is 0. The number of esters is 1. The van der Waals surface area contributed by atoms with Crippen LogP contribution in [-0.2, 0) is 33.2 Å². The van der Waals surface area contributed by atoms with Crippen molar-refractivity contribution in [1.82, 2.24) is 0 Å². The summed E-state index contributed by atoms with van der Waals surface area (Å²) in [5.74, 6) is -1.58. The topological polar surface area (TPSA) is 72.5 Å². The molecule has 0 aromatic rings. The molecule has 0 radical (unpaired) electrons. The van der Waals surface area contributed by atoms with Gasteiger partial charge in [0.1, 0.15) is 31.0 Å². The van der Waals surface area contributed by atoms with Crippen molar-refractivity contribution in [2.75, 3.05) is 6.61 Å². The van der Waals surface area contributed by atoms with E-state index in [1.807, 2.05) is 0 Å². The molecular formula is C22H32O7. The number of carbonyl (C=O) groups is 1. The number of hydrogen-bond donors (Lipinski definition) is 0. The molecule has 0 N–H and O–H groups in total. The minimum absolute atomic E-state index is 0.0892. The first-order chi connectivity index (χ1) is 14.0. The average Bonchev–Trinajstić information content (AvgIpc) is 3.25. The lowest BCUT2D eigenvalue weighted by Crippen LogP contribution is -2.56. The van der Waals surface area contributed by atoms with Crippen LogP contribution in [0.15, 0.2) is 12.2 Å². The summed E-state index contributed by atoms with van der Waals surface area (Å²) in [4.78, 5) is 11.9. The summed E-state index contributed by atoms with van der Waals surface area (Å²) < 4.78 is 37.5. The maximum atomic E-state index is 11.9. The smallest absolute Gasteiger partial charge is 0.333 e. The summed E-state index contributed by atoms with van der Waals surface area (Å²) in [6, 6.07) is 0. The van der Waals surface area contributed by atoms with Crippen LogP contribution in [0.25, 0.3) is 0 Å². The van der Waals surface area contributed by atoms with E-state index < -0.39 is 29.9 Å². The monoisotopic (exact) mass is 408 g/mol. The van der Waals surface area contributed by atoms with Crippen molar-refractivity contribution in [2.24, 2.45) is 0 Å². The highest BCUT2D eigenvalue weighted by molar-refractivity contribution is 5.86. The van der Waals surface area contributed by atoms with Gasteiger partial charge in [-0.15, -0.1) is 0 Å². The largest absolute Gasteiger partial charge is 0.459 e. The zero-order valence-electron chi connectivity index (χ0n) is 17.2. The van der Waals surface area contributed by atoms with Gasteiger partial charge >= 0.3 is 5.97 Å². The normalized spacial score (nSPS) is 39.8. The second-order valence-corrected chi connectivity index (χ2v) is 9.23. The van der Waals surface area contributed by atoms with Crippen LogP contribution >= 0.6 is 0 Å². The lowest BCUT2D eigenvalue weighted by molar-refractivity contribution is -0.255. The van der Waals surface area contributed by atoms with E-state index in [0.29, 0.717) is 5.57 Å². The Morgan fingerprint density at radius 2 is 1.41 bits per heavy atom. The second-order valence-electron chi connectivity index (χ2n) is 9.23. The third-order valence-electron chi connectivity index (χ3n) is 6.93. The summed E-state index contributed by atoms with van der Waals surface area (Å²) in [5.41, 5.74) is 0.365. The Morgan fingerprint density at radius 3 is 2.03 bits per heavy atom. The highest BCUT2D eigenvalue weighted by atomic mass is 16.9. The zero-order valence-corrected chi connectivity index (χ0v) is 17.2. The van der Waals surface area contributed by atoms with Gasteiger partial charge in [0.15, 0.2) is 17.9 Å². The van der Waals surface area contributed by atoms with Crippen LogP contribution in [0.3, 0.4) is 0 Å². The van der Waals surface area contributed by atoms with Gasteiger partial charge in [0.05, 0.1) is 0 Å². The first kappa shape index (κ1) is 19.9. The van der Waals surface area contributed by atoms with Crippen LogP contribution in [0.1, 0.15) is 71.1 Å². The van der Waals surface area contributed by atoms with Gasteiger partial charge in [-0.3, -0.25) is 0 Å². The molecule has 2 aliphatic carbocycles. The van der Waals surface area contributed by atoms with Crippen LogP contribution in [0, 0.1) is 0 Å². The zero-order chi connectivity index (χ0) is 20.1. The van der Waals surface area contributed by atoms with Gasteiger partial charge in [0.25, 0.3) is 0 Å². The molecule has 2 spiro atoms. The molecule has 162 valence electrons. The number of fused-ring (bicyclic) bond motifs is 3. The number of rotatable bonds is 3. The molecule has 5 rings (SSSR count). The fourth-order valence-corrected chi connectivity index (χ4v) is 5.45. The number of hydrogen-bond acceptors (Lipinski definition) is 7. The quantitative estimate of drug-likeness (QED) is 0.524. The van der Waals surface area contributed by atoms with Crippen LogP contribution in [0.5, 0.6) is 0 Å². The van der Waals surface area contributed by atoms with E-state index in [9.17, 15) is 4.79 Å². The molecule has 3 heterocycles. The minimum Gasteiger partial charge on any atom is -0.459 e. The molecular weight excluding hydrogens is 376 g/mol. The first-order valence-electron chi connectivity index (χ1n) is 11.2. The van der Waals surface area contributed by atoms with Crippen molar-refractivity contribution in [3.63, 3.8) is 0 Å². The molecule has 0 bridgehead atoms. The summed E-state index contributed by atoms with van der Waals surface area (Å²) >= 11 is 0. The molecule has 0 aromatic carbocycles. The summed E-state index contributed by atoms with van der Waals surface area (Å²) in [6.07, 6.45) is 8.38. The standard InChI is InChI=1S/C22H32O7/c1-14(2)19(23)24-13-15-16-17(27-21(26-16)9-5-3-6-10-21)18-20(25-15)29-22(28-18)11-7-4-8-12-22/h15-18,20H,1,3-13H2,2H3/t15-,16-,17+,18+,20-/m1/s1. The third-order valence-corrected chi connectivity index (χ3v) is 6.93. The molecule has 0 amide bonds. The Bertz CT molecular complexity index is 650. The van der Waals surface area contributed by atoms with E-state index in [0.717, 1.165) is 51.4 Å². The van der Waals surface area contributed by atoms with Crippen molar-refractivity contribution in [3.8, 4) is 0 Å². The highest BCUT2D eigenvalue weighted by Crippen LogP contribution is 2.50. The maximum Gasteiger partial charge on any atom is 0.333 e. The predicted molar refractivity (Wildman–Crippen MR) is 102 cm³/mol. The Hall–Kier alpha value is -0.990. The number of ether oxygens (including phenoxy) is 6. The molecule has 3 aliphatic heterocycles. The van der Waals surface area contributed by atoms with Crippen molar-refractivity contribution < 1.29 is 33.2 Å². The van der Waals surface area contributed by atoms with Crippen molar-refractivity contribution in [1.29, 1.82) is 0 Å². The first-order valence-corrected chi connectivity index (χ1v) is 11.2. The van der Waals surface area contributed by atoms with Gasteiger partial charge in [-0.25, -0.2) is 4.79 Å². The van der Waals surface area contributed by atoms with Gasteiger partial charge in [-0.05, 0) is 32.6 Å². The Balaban J connectivity index is 1.36. The van der Waals surface area contributed by atoms with Crippen LogP contribution in [0.4, 0.5) is 0 Å². The Morgan fingerprint density at radius 1 is 0.862 bits per heavy atom. The van der Waals surface area contributed by atoms with E-state index in [2.05, 4.69) is 6.58 Å². The second kappa shape index (κ2) is 7.61. The van der Waals surface area contributed by atoms with E-state index in [4.69, 9.17) is 28.4 Å². The van der Waals surface area contributed by atoms with Gasteiger partial charge in [0.2, 0.25) is 0 Å². The predicted octanol–water partition coefficient (Wildman–Crippen LogP) is 3.35. The Kier molecular flexibility index (Phi) is 5.23. The lowest BCUT2D eigenvalue weighted by atomic mass is 9.94. The Labute approximate surface area is 172 Å². The van der Waals surface area contributed by atoms with Gasteiger partial charge in [0, 0.05) is 31.3 Å². The fourth-order valence-electron chi connectivity index (χ4n) is 5.45. The molecule has 5 atom stereocenters. The molecule has 5 aliphatic rings. The van der Waals surface area contributed by atoms with E-state index >= 15 is 0 Å². The van der Waals surface area contributed by atoms with Crippen molar-refractivity contribution in [2.45, 2.75) is 113 Å². The van der Waals surface area contributed by atoms with Gasteiger partial charge < -0.3 is 28.4 Å². The minimum atomic E-state index is -0.576.